The van der Waals surface area contributed by atoms with E-state index in [1.54, 1.807) is 0 Å². The normalized spacial score (nSPS) is 11.4. The maximum absolute atomic E-state index is 4.95. The van der Waals surface area contributed by atoms with Crippen molar-refractivity contribution in [3.8, 4) is 11.4 Å². The van der Waals surface area contributed by atoms with Gasteiger partial charge in [0.1, 0.15) is 5.52 Å². The largest absolute Gasteiger partial charge is 0.326 e. The van der Waals surface area contributed by atoms with Crippen LogP contribution in [0.4, 0.5) is 0 Å². The Labute approximate surface area is 218 Å². The molecule has 0 fully saturated rings. The van der Waals surface area contributed by atoms with Crippen molar-refractivity contribution in [1.82, 2.24) is 19.7 Å². The summed E-state index contributed by atoms with van der Waals surface area (Å²) in [6, 6.07) is 30.2. The Balaban J connectivity index is 1.49. The van der Waals surface area contributed by atoms with E-state index in [0.29, 0.717) is 5.82 Å². The topological polar surface area (TPSA) is 43.6 Å². The van der Waals surface area contributed by atoms with Crippen LogP contribution in [0.25, 0.3) is 33.5 Å². The van der Waals surface area contributed by atoms with Gasteiger partial charge in [-0.25, -0.2) is 4.98 Å². The molecule has 6 aromatic rings. The van der Waals surface area contributed by atoms with Gasteiger partial charge in [0.05, 0.1) is 5.52 Å². The van der Waals surface area contributed by atoms with Crippen molar-refractivity contribution in [2.45, 2.75) is 27.7 Å². The van der Waals surface area contributed by atoms with Crippen LogP contribution in [0.3, 0.4) is 0 Å². The lowest BCUT2D eigenvalue weighted by Gasteiger charge is -2.23. The number of aryl methyl sites for hydroxylation is 5. The summed E-state index contributed by atoms with van der Waals surface area (Å²) >= 11 is 0. The smallest absolute Gasteiger partial charge is 0.242 e. The maximum Gasteiger partial charge on any atom is 0.242 e. The maximum atomic E-state index is 4.95. The molecule has 180 valence electrons. The first kappa shape index (κ1) is 23.2. The lowest BCUT2D eigenvalue weighted by Crippen LogP contribution is -2.55. The van der Waals surface area contributed by atoms with Crippen LogP contribution < -0.4 is 16.4 Å². The van der Waals surface area contributed by atoms with Gasteiger partial charge in [0, 0.05) is 18.0 Å². The van der Waals surface area contributed by atoms with Crippen molar-refractivity contribution >= 4 is 45.2 Å². The van der Waals surface area contributed by atoms with Crippen LogP contribution >= 0.6 is 0 Å². The molecule has 2 heterocycles. The van der Waals surface area contributed by atoms with Crippen LogP contribution in [0, 0.1) is 27.7 Å². The van der Waals surface area contributed by atoms with Crippen molar-refractivity contribution in [2.75, 3.05) is 0 Å². The van der Waals surface area contributed by atoms with E-state index in [1.807, 2.05) is 19.2 Å². The van der Waals surface area contributed by atoms with Gasteiger partial charge < -0.3 is 4.57 Å². The molecule has 4 aromatic carbocycles. The molecule has 37 heavy (non-hydrogen) atoms. The lowest BCUT2D eigenvalue weighted by molar-refractivity contribution is 0.934. The fraction of sp³-hybridized carbons (Fsp3) is 0.156. The van der Waals surface area contributed by atoms with Gasteiger partial charge in [-0.1, -0.05) is 118 Å². The zero-order valence-corrected chi connectivity index (χ0v) is 21.9. The van der Waals surface area contributed by atoms with Crippen molar-refractivity contribution in [2.24, 2.45) is 7.05 Å². The fourth-order valence-electron chi connectivity index (χ4n) is 5.80. The molecule has 0 N–H and O–H groups in total. The minimum Gasteiger partial charge on any atom is -0.326 e. The van der Waals surface area contributed by atoms with Gasteiger partial charge in [-0.3, -0.25) is 0 Å². The first-order valence-electron chi connectivity index (χ1n) is 12.7. The predicted molar refractivity (Wildman–Crippen MR) is 156 cm³/mol. The van der Waals surface area contributed by atoms with Gasteiger partial charge in [0.25, 0.3) is 0 Å². The van der Waals surface area contributed by atoms with E-state index in [-0.39, 0.29) is 6.71 Å². The van der Waals surface area contributed by atoms with Crippen LogP contribution in [-0.2, 0) is 7.05 Å². The second-order valence-electron chi connectivity index (χ2n) is 10.0. The summed E-state index contributed by atoms with van der Waals surface area (Å²) in [6.45, 7) is 9.02. The van der Waals surface area contributed by atoms with E-state index in [4.69, 9.17) is 4.98 Å². The summed E-state index contributed by atoms with van der Waals surface area (Å²) < 4.78 is 2.05. The Kier molecular flexibility index (Phi) is 5.64. The quantitative estimate of drug-likeness (QED) is 0.336. The van der Waals surface area contributed by atoms with Crippen LogP contribution in [-0.4, -0.2) is 26.5 Å². The Morgan fingerprint density at radius 2 is 1.19 bits per heavy atom. The molecule has 0 unspecified atom stereocenters. The Bertz CT molecular complexity index is 1690. The highest BCUT2D eigenvalue weighted by atomic mass is 15.2. The molecule has 4 nitrogen and oxygen atoms in total. The zero-order valence-electron chi connectivity index (χ0n) is 21.9. The monoisotopic (exact) mass is 480 g/mol. The third-order valence-electron chi connectivity index (χ3n) is 7.67. The molecule has 0 radical (unpaired) electrons. The first-order chi connectivity index (χ1) is 17.9. The second-order valence-corrected chi connectivity index (χ2v) is 10.0. The number of nitrogens with zero attached hydrogens (tertiary/aromatic N) is 4. The summed E-state index contributed by atoms with van der Waals surface area (Å²) in [7, 11) is 2.01. The molecule has 0 aliphatic rings. The van der Waals surface area contributed by atoms with Crippen LogP contribution in [0.15, 0.2) is 84.9 Å². The van der Waals surface area contributed by atoms with Gasteiger partial charge in [-0.15, -0.1) is 10.2 Å². The molecule has 6 rings (SSSR count). The molecule has 0 amide bonds. The zero-order chi connectivity index (χ0) is 25.7. The molecule has 0 saturated carbocycles. The molecule has 0 bridgehead atoms. The number of benzene rings is 4. The number of hydrogen-bond acceptors (Lipinski definition) is 3. The molecular formula is C32H29BN4. The number of hydrogen-bond donors (Lipinski definition) is 0. The van der Waals surface area contributed by atoms with Gasteiger partial charge in [0.2, 0.25) is 6.71 Å². The van der Waals surface area contributed by atoms with Gasteiger partial charge >= 0.3 is 0 Å². The second kappa shape index (κ2) is 9.00. The highest BCUT2D eigenvalue weighted by Gasteiger charge is 2.27. The molecular weight excluding hydrogens is 451 g/mol. The van der Waals surface area contributed by atoms with E-state index in [0.717, 1.165) is 27.6 Å². The number of para-hydroxylation sites is 1. The Hall–Kier alpha value is -4.25. The third-order valence-corrected chi connectivity index (χ3v) is 7.67. The van der Waals surface area contributed by atoms with E-state index >= 15 is 0 Å². The van der Waals surface area contributed by atoms with Crippen LogP contribution in [0.5, 0.6) is 0 Å². The molecule has 2 aromatic heterocycles. The summed E-state index contributed by atoms with van der Waals surface area (Å²) in [5.41, 5.74) is 13.0. The van der Waals surface area contributed by atoms with Crippen molar-refractivity contribution in [3.05, 3.63) is 107 Å². The summed E-state index contributed by atoms with van der Waals surface area (Å²) in [5, 5.41) is 10.1. The summed E-state index contributed by atoms with van der Waals surface area (Å²) in [4.78, 5) is 4.95. The number of aromatic nitrogens is 4. The van der Waals surface area contributed by atoms with E-state index < -0.39 is 0 Å². The van der Waals surface area contributed by atoms with Crippen molar-refractivity contribution < 1.29 is 0 Å². The highest BCUT2D eigenvalue weighted by Crippen LogP contribution is 2.26. The predicted octanol–water partition coefficient (Wildman–Crippen LogP) is 4.93. The number of rotatable bonds is 4. The van der Waals surface area contributed by atoms with Crippen molar-refractivity contribution in [1.29, 1.82) is 0 Å². The molecule has 5 heteroatoms. The average Bonchev–Trinajstić information content (AvgIpc) is 3.19. The van der Waals surface area contributed by atoms with Crippen LogP contribution in [0.2, 0.25) is 0 Å². The number of fused-ring (bicyclic) bond motifs is 3. The SMILES string of the molecule is Cc1cccc(C)c1B(c1ccc(-c2nnc3c(n2)c2ccccc2n3C)cc1)c1c(C)cccc1C. The minimum absolute atomic E-state index is 0.149. The summed E-state index contributed by atoms with van der Waals surface area (Å²) in [6.07, 6.45) is 0. The molecule has 0 saturated heterocycles. The average molecular weight is 480 g/mol. The fourth-order valence-corrected chi connectivity index (χ4v) is 5.80. The van der Waals surface area contributed by atoms with E-state index in [1.165, 1.54) is 38.6 Å². The Morgan fingerprint density at radius 1 is 0.622 bits per heavy atom. The highest BCUT2D eigenvalue weighted by molar-refractivity contribution is 6.96. The Morgan fingerprint density at radius 3 is 1.78 bits per heavy atom. The lowest BCUT2D eigenvalue weighted by atomic mass is 9.34. The molecule has 0 aliphatic carbocycles. The molecule has 0 spiro atoms. The van der Waals surface area contributed by atoms with Crippen molar-refractivity contribution in [3.63, 3.8) is 0 Å². The van der Waals surface area contributed by atoms with Gasteiger partial charge in [-0.2, -0.15) is 0 Å². The van der Waals surface area contributed by atoms with E-state index in [2.05, 4.69) is 115 Å². The standard InChI is InChI=1S/C32H29BN4/c1-20-10-8-11-21(2)28(20)33(29-22(3)12-9-13-23(29)4)25-18-16-24(17-19-25)31-34-30-26-14-6-7-15-27(26)37(5)32(30)36-35-31/h6-19H,1-5H3. The van der Waals surface area contributed by atoms with Crippen LogP contribution in [0.1, 0.15) is 22.3 Å². The van der Waals surface area contributed by atoms with Gasteiger partial charge in [0.15, 0.2) is 11.5 Å². The molecule has 0 aliphatic heterocycles. The van der Waals surface area contributed by atoms with E-state index in [9.17, 15) is 0 Å². The minimum atomic E-state index is 0.149. The van der Waals surface area contributed by atoms with Gasteiger partial charge in [-0.05, 0) is 33.8 Å². The third kappa shape index (κ3) is 3.82. The molecule has 0 atom stereocenters. The summed E-state index contributed by atoms with van der Waals surface area (Å²) in [5.74, 6) is 0.645. The first-order valence-corrected chi connectivity index (χ1v) is 12.7.